The van der Waals surface area contributed by atoms with Gasteiger partial charge in [-0.2, -0.15) is 0 Å². The first-order valence-electron chi connectivity index (χ1n) is 9.19. The monoisotopic (exact) mass is 447 g/mol. The average molecular weight is 448 g/mol. The molecule has 0 aliphatic rings. The fourth-order valence-corrected chi connectivity index (χ4v) is 4.57. The molecule has 160 valence electrons. The summed E-state index contributed by atoms with van der Waals surface area (Å²) in [6.07, 6.45) is 1.07. The molecule has 0 spiro atoms. The Morgan fingerprint density at radius 2 is 1.80 bits per heavy atom. The number of methoxy groups -OCH3 is 1. The number of thiophene rings is 1. The van der Waals surface area contributed by atoms with E-state index in [1.165, 1.54) is 18.4 Å². The highest BCUT2D eigenvalue weighted by Crippen LogP contribution is 2.39. The van der Waals surface area contributed by atoms with E-state index < -0.39 is 10.0 Å². The summed E-state index contributed by atoms with van der Waals surface area (Å²) in [5, 5.41) is 3.69. The molecular formula is C21H25N3O4S2. The van der Waals surface area contributed by atoms with Crippen molar-refractivity contribution in [2.45, 2.75) is 26.2 Å². The van der Waals surface area contributed by atoms with Gasteiger partial charge in [0.2, 0.25) is 10.0 Å². The van der Waals surface area contributed by atoms with Crippen LogP contribution in [0.2, 0.25) is 0 Å². The molecule has 7 nitrogen and oxygen atoms in total. The van der Waals surface area contributed by atoms with Crippen molar-refractivity contribution in [3.63, 3.8) is 0 Å². The maximum atomic E-state index is 13.0. The van der Waals surface area contributed by atoms with Gasteiger partial charge in [0.05, 0.1) is 29.6 Å². The van der Waals surface area contributed by atoms with E-state index in [1.807, 2.05) is 32.9 Å². The number of rotatable bonds is 5. The normalized spacial score (nSPS) is 12.0. The Balaban J connectivity index is 2.07. The van der Waals surface area contributed by atoms with Gasteiger partial charge < -0.3 is 15.8 Å². The van der Waals surface area contributed by atoms with Gasteiger partial charge in [0.1, 0.15) is 0 Å². The van der Waals surface area contributed by atoms with Gasteiger partial charge in [-0.25, -0.2) is 8.42 Å². The van der Waals surface area contributed by atoms with Crippen LogP contribution in [0.5, 0.6) is 5.75 Å². The van der Waals surface area contributed by atoms with Crippen LogP contribution in [0.4, 0.5) is 17.1 Å². The highest BCUT2D eigenvalue weighted by atomic mass is 32.2. The molecule has 1 amide bonds. The molecule has 2 aromatic carbocycles. The Morgan fingerprint density at radius 1 is 1.13 bits per heavy atom. The summed E-state index contributed by atoms with van der Waals surface area (Å²) in [7, 11) is -2.12. The average Bonchev–Trinajstić information content (AvgIpc) is 3.05. The second-order valence-corrected chi connectivity index (χ2v) is 10.9. The van der Waals surface area contributed by atoms with Crippen LogP contribution >= 0.6 is 11.3 Å². The van der Waals surface area contributed by atoms with Crippen LogP contribution < -0.4 is 20.5 Å². The maximum Gasteiger partial charge on any atom is 0.265 e. The molecule has 0 unspecified atom stereocenters. The zero-order valence-corrected chi connectivity index (χ0v) is 19.1. The van der Waals surface area contributed by atoms with Crippen molar-refractivity contribution in [2.75, 3.05) is 29.1 Å². The van der Waals surface area contributed by atoms with Crippen LogP contribution in [0.15, 0.2) is 36.4 Å². The number of nitrogen functional groups attached to an aromatic ring is 1. The van der Waals surface area contributed by atoms with E-state index in [9.17, 15) is 13.2 Å². The topological polar surface area (TPSA) is 111 Å². The minimum Gasteiger partial charge on any atom is -0.492 e. The van der Waals surface area contributed by atoms with Gasteiger partial charge in [-0.05, 0) is 41.3 Å². The number of nitrogens with two attached hydrogens (primary N) is 1. The van der Waals surface area contributed by atoms with Crippen LogP contribution in [-0.2, 0) is 15.4 Å². The Labute approximate surface area is 180 Å². The summed E-state index contributed by atoms with van der Waals surface area (Å²) in [4.78, 5) is 13.5. The number of carbonyl (C=O) groups excluding carboxylic acids is 1. The molecule has 0 saturated heterocycles. The second kappa shape index (κ2) is 7.81. The van der Waals surface area contributed by atoms with Crippen LogP contribution in [0.3, 0.4) is 0 Å². The van der Waals surface area contributed by atoms with E-state index in [0.717, 1.165) is 21.9 Å². The van der Waals surface area contributed by atoms with E-state index in [-0.39, 0.29) is 22.8 Å². The van der Waals surface area contributed by atoms with Crippen molar-refractivity contribution < 1.29 is 17.9 Å². The third-order valence-electron chi connectivity index (χ3n) is 4.52. The van der Waals surface area contributed by atoms with Crippen molar-refractivity contribution in [3.05, 3.63) is 46.8 Å². The SMILES string of the molecule is COc1c(NC(=O)c2cc3c(N)cccc3s2)cc(C(C)(C)C)cc1NS(C)(=O)=O. The van der Waals surface area contributed by atoms with Crippen molar-refractivity contribution in [1.82, 2.24) is 0 Å². The lowest BCUT2D eigenvalue weighted by atomic mass is 9.86. The van der Waals surface area contributed by atoms with Gasteiger partial charge in [0.15, 0.2) is 5.75 Å². The summed E-state index contributed by atoms with van der Waals surface area (Å²) in [6.45, 7) is 6.00. The fraction of sp³-hybridized carbons (Fsp3) is 0.286. The van der Waals surface area contributed by atoms with Crippen molar-refractivity contribution in [3.8, 4) is 5.75 Å². The molecule has 30 heavy (non-hydrogen) atoms. The summed E-state index contributed by atoms with van der Waals surface area (Å²) in [5.41, 5.74) is 7.81. The maximum absolute atomic E-state index is 13.0. The first kappa shape index (κ1) is 21.9. The quantitative estimate of drug-likeness (QED) is 0.502. The van der Waals surface area contributed by atoms with Gasteiger partial charge in [0, 0.05) is 15.8 Å². The molecule has 9 heteroatoms. The van der Waals surface area contributed by atoms with Crippen LogP contribution in [0, 0.1) is 0 Å². The molecule has 0 aliphatic heterocycles. The van der Waals surface area contributed by atoms with Crippen LogP contribution in [0.25, 0.3) is 10.1 Å². The first-order chi connectivity index (χ1) is 13.9. The molecule has 0 fully saturated rings. The van der Waals surface area contributed by atoms with Gasteiger partial charge in [-0.3, -0.25) is 9.52 Å². The highest BCUT2D eigenvalue weighted by Gasteiger charge is 2.23. The standard InChI is InChI=1S/C21H25N3O4S2/c1-21(2,3)12-9-15(19(28-4)16(10-12)24-30(5,26)27)23-20(25)18-11-13-14(22)7-6-8-17(13)29-18/h6-11,24H,22H2,1-5H3,(H,23,25). The molecule has 0 aliphatic carbocycles. The third kappa shape index (κ3) is 4.68. The minimum absolute atomic E-state index is 0.238. The zero-order valence-electron chi connectivity index (χ0n) is 17.5. The molecule has 0 bridgehead atoms. The number of amides is 1. The van der Waals surface area contributed by atoms with Gasteiger partial charge in [0.25, 0.3) is 5.91 Å². The largest absolute Gasteiger partial charge is 0.492 e. The second-order valence-electron chi connectivity index (χ2n) is 8.05. The number of hydrogen-bond acceptors (Lipinski definition) is 6. The van der Waals surface area contributed by atoms with Gasteiger partial charge in [-0.1, -0.05) is 26.8 Å². The van der Waals surface area contributed by atoms with Crippen LogP contribution in [0.1, 0.15) is 36.0 Å². The smallest absolute Gasteiger partial charge is 0.265 e. The number of anilines is 3. The Hall–Kier alpha value is -2.78. The summed E-state index contributed by atoms with van der Waals surface area (Å²) < 4.78 is 32.5. The van der Waals surface area contributed by atoms with E-state index >= 15 is 0 Å². The summed E-state index contributed by atoms with van der Waals surface area (Å²) >= 11 is 1.33. The molecule has 0 radical (unpaired) electrons. The number of nitrogens with one attached hydrogen (secondary N) is 2. The zero-order chi connectivity index (χ0) is 22.3. The third-order valence-corrected chi connectivity index (χ3v) is 6.21. The molecule has 1 heterocycles. The molecule has 3 rings (SSSR count). The van der Waals surface area contributed by atoms with E-state index in [1.54, 1.807) is 24.3 Å². The summed E-state index contributed by atoms with van der Waals surface area (Å²) in [6, 6.07) is 10.8. The molecule has 0 saturated carbocycles. The fourth-order valence-electron chi connectivity index (χ4n) is 3.03. The Kier molecular flexibility index (Phi) is 5.70. The van der Waals surface area contributed by atoms with E-state index in [0.29, 0.717) is 16.3 Å². The lowest BCUT2D eigenvalue weighted by molar-refractivity contribution is 0.103. The summed E-state index contributed by atoms with van der Waals surface area (Å²) in [5.74, 6) is -0.0901. The van der Waals surface area contributed by atoms with Crippen LogP contribution in [-0.4, -0.2) is 27.7 Å². The lowest BCUT2D eigenvalue weighted by Crippen LogP contribution is -2.18. The molecule has 0 atom stereocenters. The number of hydrogen-bond donors (Lipinski definition) is 3. The number of carbonyl (C=O) groups is 1. The first-order valence-corrected chi connectivity index (χ1v) is 11.9. The molecule has 3 aromatic rings. The van der Waals surface area contributed by atoms with Gasteiger partial charge in [-0.15, -0.1) is 11.3 Å². The highest BCUT2D eigenvalue weighted by molar-refractivity contribution is 7.92. The number of sulfonamides is 1. The van der Waals surface area contributed by atoms with E-state index in [2.05, 4.69) is 10.0 Å². The van der Waals surface area contributed by atoms with E-state index in [4.69, 9.17) is 10.5 Å². The molecule has 4 N–H and O–H groups in total. The Bertz CT molecular complexity index is 1230. The minimum atomic E-state index is -3.55. The number of benzene rings is 2. The lowest BCUT2D eigenvalue weighted by Gasteiger charge is -2.23. The number of fused-ring (bicyclic) bond motifs is 1. The molecule has 1 aromatic heterocycles. The predicted molar refractivity (Wildman–Crippen MR) is 124 cm³/mol. The molecular weight excluding hydrogens is 422 g/mol. The van der Waals surface area contributed by atoms with Crippen molar-refractivity contribution in [1.29, 1.82) is 0 Å². The number of ether oxygens (including phenoxy) is 1. The van der Waals surface area contributed by atoms with Crippen molar-refractivity contribution >= 4 is 54.4 Å². The Morgan fingerprint density at radius 3 is 2.37 bits per heavy atom. The van der Waals surface area contributed by atoms with Gasteiger partial charge >= 0.3 is 0 Å². The predicted octanol–water partition coefficient (Wildman–Crippen LogP) is 4.41. The van der Waals surface area contributed by atoms with Crippen molar-refractivity contribution in [2.24, 2.45) is 0 Å².